The van der Waals surface area contributed by atoms with E-state index >= 15 is 0 Å². The van der Waals surface area contributed by atoms with Gasteiger partial charge in [-0.15, -0.1) is 0 Å². The third kappa shape index (κ3) is 5.01. The minimum absolute atomic E-state index is 0.0298. The number of hydrogen-bond donors (Lipinski definition) is 1. The summed E-state index contributed by atoms with van der Waals surface area (Å²) in [5, 5.41) is 10.7. The Hall–Kier alpha value is -2.37. The molecule has 12 heteroatoms. The first-order chi connectivity index (χ1) is 19.3. The fraction of sp³-hybridized carbons (Fsp3) is 0.690. The van der Waals surface area contributed by atoms with Crippen LogP contribution in [0.4, 0.5) is 0 Å². The lowest BCUT2D eigenvalue weighted by molar-refractivity contribution is -0.165. The number of likely N-dealkylation sites (tertiary alicyclic amines) is 1. The first-order valence-electron chi connectivity index (χ1n) is 14.6. The fourth-order valence-electron chi connectivity index (χ4n) is 7.44. The average Bonchev–Trinajstić information content (AvgIpc) is 3.34. The Morgan fingerprint density at radius 1 is 1.12 bits per heavy atom. The molecule has 0 bridgehead atoms. The topological polar surface area (TPSA) is 125 Å². The molecule has 6 rings (SSSR count). The molecule has 0 aromatic heterocycles. The molecule has 10 nitrogen and oxygen atoms in total. The van der Waals surface area contributed by atoms with Crippen LogP contribution in [0.15, 0.2) is 12.1 Å². The highest BCUT2D eigenvalue weighted by Crippen LogP contribution is 2.56. The lowest BCUT2D eigenvalue weighted by atomic mass is 9.66. The highest BCUT2D eigenvalue weighted by molar-refractivity contribution is 7.88. The van der Waals surface area contributed by atoms with Crippen LogP contribution in [0.25, 0.3) is 0 Å². The molecule has 2 saturated heterocycles. The zero-order valence-electron chi connectivity index (χ0n) is 23.6. The summed E-state index contributed by atoms with van der Waals surface area (Å²) >= 11 is 6.73. The summed E-state index contributed by atoms with van der Waals surface area (Å²) in [6.07, 6.45) is 5.79. The molecule has 2 saturated carbocycles. The summed E-state index contributed by atoms with van der Waals surface area (Å²) in [7, 11) is -3.36. The van der Waals surface area contributed by atoms with Gasteiger partial charge in [0.2, 0.25) is 21.8 Å². The number of halogens is 1. The fourth-order valence-corrected chi connectivity index (χ4v) is 8.58. The van der Waals surface area contributed by atoms with E-state index in [2.05, 4.69) is 0 Å². The Labute approximate surface area is 246 Å². The zero-order chi connectivity index (χ0) is 29.3. The van der Waals surface area contributed by atoms with Crippen molar-refractivity contribution >= 4 is 39.4 Å². The number of fused-ring (bicyclic) bond motifs is 1. The summed E-state index contributed by atoms with van der Waals surface area (Å²) in [5.74, 6) is -1.46. The number of aliphatic carboxylic acids is 1. The second-order valence-corrected chi connectivity index (χ2v) is 15.4. The van der Waals surface area contributed by atoms with Crippen LogP contribution in [-0.2, 0) is 30.8 Å². The standard InChI is InChI=1S/C29H38ClN3O7S/c1-28(27(36)37)10-4-3-5-20(28)26(35)32-14-9-19-21(30)6-7-22(40-18-8-13-31(16-18)41(2,38)39)24(19)25(32)33-17-29(11-12-29)15-23(33)34/h6-7,18,20,25H,3-5,8-17H2,1-2H3,(H,36,37)/t18-,20-,25?,28-/m0/s1. The van der Waals surface area contributed by atoms with Crippen LogP contribution in [0.1, 0.15) is 75.6 Å². The average molecular weight is 608 g/mol. The van der Waals surface area contributed by atoms with E-state index in [1.165, 1.54) is 10.6 Å². The lowest BCUT2D eigenvalue weighted by Gasteiger charge is -2.47. The zero-order valence-corrected chi connectivity index (χ0v) is 25.2. The van der Waals surface area contributed by atoms with Crippen molar-refractivity contribution in [1.29, 1.82) is 0 Å². The largest absolute Gasteiger partial charge is 0.489 e. The third-order valence-corrected chi connectivity index (χ3v) is 11.8. The normalized spacial score (nSPS) is 31.4. The van der Waals surface area contributed by atoms with Gasteiger partial charge in [0, 0.05) is 36.6 Å². The number of nitrogens with zero attached hydrogens (tertiary/aromatic N) is 3. The summed E-state index contributed by atoms with van der Waals surface area (Å²) in [4.78, 5) is 43.9. The second-order valence-electron chi connectivity index (χ2n) is 13.0. The quantitative estimate of drug-likeness (QED) is 0.525. The molecule has 5 aliphatic rings. The third-order valence-electron chi connectivity index (χ3n) is 10.2. The number of carboxylic acids is 1. The molecule has 0 radical (unpaired) electrons. The van der Waals surface area contributed by atoms with Crippen LogP contribution < -0.4 is 4.74 Å². The van der Waals surface area contributed by atoms with Crippen molar-refractivity contribution in [3.8, 4) is 5.75 Å². The predicted octanol–water partition coefficient (Wildman–Crippen LogP) is 3.43. The van der Waals surface area contributed by atoms with Gasteiger partial charge in [-0.1, -0.05) is 24.4 Å². The van der Waals surface area contributed by atoms with Crippen molar-refractivity contribution in [3.63, 3.8) is 0 Å². The Morgan fingerprint density at radius 2 is 1.88 bits per heavy atom. The van der Waals surface area contributed by atoms with Crippen LogP contribution in [0.3, 0.4) is 0 Å². The van der Waals surface area contributed by atoms with Gasteiger partial charge >= 0.3 is 5.97 Å². The Bertz CT molecular complexity index is 1400. The van der Waals surface area contributed by atoms with Gasteiger partial charge in [-0.25, -0.2) is 8.42 Å². The maximum absolute atomic E-state index is 14.4. The lowest BCUT2D eigenvalue weighted by Crippen LogP contribution is -2.54. The van der Waals surface area contributed by atoms with Crippen molar-refractivity contribution in [2.45, 2.75) is 77.0 Å². The number of carboxylic acid groups (broad SMARTS) is 1. The molecule has 41 heavy (non-hydrogen) atoms. The van der Waals surface area contributed by atoms with E-state index in [4.69, 9.17) is 16.3 Å². The van der Waals surface area contributed by atoms with Crippen molar-refractivity contribution < 1.29 is 32.6 Å². The number of ether oxygens (including phenoxy) is 1. The molecule has 2 aliphatic carbocycles. The van der Waals surface area contributed by atoms with Gasteiger partial charge in [-0.3, -0.25) is 14.4 Å². The molecule has 4 fully saturated rings. The molecule has 2 amide bonds. The Morgan fingerprint density at radius 3 is 2.51 bits per heavy atom. The summed E-state index contributed by atoms with van der Waals surface area (Å²) < 4.78 is 32.1. The predicted molar refractivity (Wildman–Crippen MR) is 151 cm³/mol. The maximum atomic E-state index is 14.4. The molecule has 3 heterocycles. The molecule has 1 aromatic rings. The minimum Gasteiger partial charge on any atom is -0.489 e. The summed E-state index contributed by atoms with van der Waals surface area (Å²) in [6.45, 7) is 3.08. The van der Waals surface area contributed by atoms with Crippen molar-refractivity contribution in [2.24, 2.45) is 16.7 Å². The van der Waals surface area contributed by atoms with Gasteiger partial charge in [0.1, 0.15) is 18.0 Å². The van der Waals surface area contributed by atoms with Gasteiger partial charge < -0.3 is 19.6 Å². The number of carbonyl (C=O) groups is 3. The number of hydrogen-bond acceptors (Lipinski definition) is 6. The van der Waals surface area contributed by atoms with Crippen molar-refractivity contribution in [1.82, 2.24) is 14.1 Å². The molecular formula is C29H38ClN3O7S. The van der Waals surface area contributed by atoms with E-state index in [0.717, 1.165) is 31.2 Å². The second kappa shape index (κ2) is 10.1. The smallest absolute Gasteiger partial charge is 0.310 e. The molecule has 1 spiro atoms. The van der Waals surface area contributed by atoms with Crippen LogP contribution in [0.2, 0.25) is 5.02 Å². The number of rotatable bonds is 6. The van der Waals surface area contributed by atoms with E-state index in [0.29, 0.717) is 68.1 Å². The molecule has 1 unspecified atom stereocenters. The molecular weight excluding hydrogens is 570 g/mol. The Kier molecular flexibility index (Phi) is 7.09. The number of sulfonamides is 1. The molecule has 4 atom stereocenters. The van der Waals surface area contributed by atoms with Gasteiger partial charge in [0.05, 0.1) is 24.1 Å². The highest BCUT2D eigenvalue weighted by atomic mass is 35.5. The van der Waals surface area contributed by atoms with E-state index in [1.807, 2.05) is 0 Å². The van der Waals surface area contributed by atoms with Crippen LogP contribution >= 0.6 is 11.6 Å². The maximum Gasteiger partial charge on any atom is 0.310 e. The first-order valence-corrected chi connectivity index (χ1v) is 16.8. The van der Waals surface area contributed by atoms with Crippen LogP contribution in [0, 0.1) is 16.7 Å². The van der Waals surface area contributed by atoms with E-state index < -0.39 is 33.5 Å². The molecule has 1 N–H and O–H groups in total. The Balaban J connectivity index is 1.40. The van der Waals surface area contributed by atoms with Crippen molar-refractivity contribution in [3.05, 3.63) is 28.3 Å². The monoisotopic (exact) mass is 607 g/mol. The van der Waals surface area contributed by atoms with E-state index in [1.54, 1.807) is 28.9 Å². The van der Waals surface area contributed by atoms with Crippen LogP contribution in [0.5, 0.6) is 5.75 Å². The van der Waals surface area contributed by atoms with E-state index in [-0.39, 0.29) is 29.9 Å². The summed E-state index contributed by atoms with van der Waals surface area (Å²) in [5.41, 5.74) is 0.226. The molecule has 224 valence electrons. The molecule has 1 aromatic carbocycles. The molecule has 3 aliphatic heterocycles. The van der Waals surface area contributed by atoms with Gasteiger partial charge in [-0.05, 0) is 68.6 Å². The number of benzene rings is 1. The summed E-state index contributed by atoms with van der Waals surface area (Å²) in [6, 6.07) is 3.50. The van der Waals surface area contributed by atoms with Crippen LogP contribution in [-0.4, -0.2) is 84.0 Å². The highest BCUT2D eigenvalue weighted by Gasteiger charge is 2.57. The van der Waals surface area contributed by atoms with Gasteiger partial charge in [0.25, 0.3) is 0 Å². The van der Waals surface area contributed by atoms with Crippen molar-refractivity contribution in [2.75, 3.05) is 32.4 Å². The number of amides is 2. The van der Waals surface area contributed by atoms with E-state index in [9.17, 15) is 27.9 Å². The van der Waals surface area contributed by atoms with Gasteiger partial charge in [0.15, 0.2) is 0 Å². The number of carbonyl (C=O) groups excluding carboxylic acids is 2. The SMILES string of the molecule is C[C@]1(C(=O)O)CCCC[C@H]1C(=O)N1CCc2c(Cl)ccc(O[C@H]3CCN(S(C)(=O)=O)C3)c2C1N1CC2(CC2)CC1=O. The van der Waals surface area contributed by atoms with Gasteiger partial charge in [-0.2, -0.15) is 4.31 Å². The first kappa shape index (κ1) is 28.7. The minimum atomic E-state index is -3.36.